The van der Waals surface area contributed by atoms with Crippen LogP contribution in [0.15, 0.2) is 17.3 Å². The summed E-state index contributed by atoms with van der Waals surface area (Å²) in [5.74, 6) is -0.285. The number of aromatic nitrogens is 2. The van der Waals surface area contributed by atoms with Gasteiger partial charge in [0.1, 0.15) is 4.90 Å². The maximum Gasteiger partial charge on any atom is 0.244 e. The highest BCUT2D eigenvalue weighted by atomic mass is 32.2. The third kappa shape index (κ3) is 4.29. The molecule has 1 aromatic rings. The van der Waals surface area contributed by atoms with E-state index in [4.69, 9.17) is 0 Å². The molecule has 0 aromatic carbocycles. The van der Waals surface area contributed by atoms with Crippen LogP contribution >= 0.6 is 0 Å². The Kier molecular flexibility index (Phi) is 5.66. The molecule has 20 heavy (non-hydrogen) atoms. The number of likely N-dealkylation sites (N-methyl/N-ethyl adjacent to an activating group) is 2. The first-order valence-electron chi connectivity index (χ1n) is 6.18. The maximum atomic E-state index is 12.0. The fourth-order valence-electron chi connectivity index (χ4n) is 1.61. The standard InChI is InChI=1S/C11H21N5O3S/c1-9(11(17)15(3)6-5-12-2)14-20(18,19)10-7-13-16(4)8-10/h7-9,12,14H,5-6H2,1-4H3. The molecule has 0 aliphatic heterocycles. The van der Waals surface area contributed by atoms with Crippen molar-refractivity contribution in [3.05, 3.63) is 12.4 Å². The van der Waals surface area contributed by atoms with E-state index >= 15 is 0 Å². The molecule has 0 bridgehead atoms. The van der Waals surface area contributed by atoms with Crippen molar-refractivity contribution in [1.82, 2.24) is 24.7 Å². The molecule has 0 saturated heterocycles. The average Bonchev–Trinajstić information content (AvgIpc) is 2.82. The summed E-state index contributed by atoms with van der Waals surface area (Å²) in [6.07, 6.45) is 2.62. The van der Waals surface area contributed by atoms with E-state index in [0.29, 0.717) is 13.1 Å². The summed E-state index contributed by atoms with van der Waals surface area (Å²) < 4.78 is 27.8. The summed E-state index contributed by atoms with van der Waals surface area (Å²) in [5.41, 5.74) is 0. The lowest BCUT2D eigenvalue weighted by Gasteiger charge is -2.21. The number of hydrogen-bond donors (Lipinski definition) is 2. The molecule has 0 fully saturated rings. The highest BCUT2D eigenvalue weighted by Gasteiger charge is 2.24. The summed E-state index contributed by atoms with van der Waals surface area (Å²) in [4.78, 5) is 13.5. The Hall–Kier alpha value is -1.45. The normalized spacial score (nSPS) is 13.2. The minimum absolute atomic E-state index is 0.0394. The molecule has 114 valence electrons. The van der Waals surface area contributed by atoms with E-state index in [-0.39, 0.29) is 10.8 Å². The Morgan fingerprint density at radius 3 is 2.70 bits per heavy atom. The molecule has 0 saturated carbocycles. The molecule has 0 radical (unpaired) electrons. The first-order valence-corrected chi connectivity index (χ1v) is 7.67. The molecule has 2 N–H and O–H groups in total. The predicted molar refractivity (Wildman–Crippen MR) is 74.6 cm³/mol. The molecule has 1 rings (SSSR count). The van der Waals surface area contributed by atoms with Gasteiger partial charge >= 0.3 is 0 Å². The number of carbonyl (C=O) groups excluding carboxylic acids is 1. The van der Waals surface area contributed by atoms with Crippen molar-refractivity contribution in [1.29, 1.82) is 0 Å². The topological polar surface area (TPSA) is 96.3 Å². The smallest absolute Gasteiger partial charge is 0.244 e. The van der Waals surface area contributed by atoms with Gasteiger partial charge in [-0.1, -0.05) is 0 Å². The molecule has 0 aliphatic carbocycles. The predicted octanol–water partition coefficient (Wildman–Crippen LogP) is -1.24. The molecule has 1 atom stereocenters. The average molecular weight is 303 g/mol. The summed E-state index contributed by atoms with van der Waals surface area (Å²) in [6, 6.07) is -0.831. The van der Waals surface area contributed by atoms with Gasteiger partial charge in [-0.25, -0.2) is 8.42 Å². The van der Waals surface area contributed by atoms with Gasteiger partial charge in [0.25, 0.3) is 0 Å². The fraction of sp³-hybridized carbons (Fsp3) is 0.636. The molecule has 1 heterocycles. The van der Waals surface area contributed by atoms with Crippen LogP contribution in [0, 0.1) is 0 Å². The second-order valence-corrected chi connectivity index (χ2v) is 6.27. The largest absolute Gasteiger partial charge is 0.343 e. The highest BCUT2D eigenvalue weighted by molar-refractivity contribution is 7.89. The van der Waals surface area contributed by atoms with Crippen LogP contribution in [0.25, 0.3) is 0 Å². The van der Waals surface area contributed by atoms with Gasteiger partial charge in [0.15, 0.2) is 0 Å². The lowest BCUT2D eigenvalue weighted by atomic mass is 10.3. The van der Waals surface area contributed by atoms with Crippen LogP contribution in [0.1, 0.15) is 6.92 Å². The first kappa shape index (κ1) is 16.6. The number of rotatable bonds is 7. The van der Waals surface area contributed by atoms with E-state index in [1.54, 1.807) is 21.1 Å². The summed E-state index contributed by atoms with van der Waals surface area (Å²) in [6.45, 7) is 2.67. The van der Waals surface area contributed by atoms with E-state index in [1.165, 1.54) is 28.9 Å². The van der Waals surface area contributed by atoms with Gasteiger partial charge in [0, 0.05) is 33.4 Å². The third-order valence-electron chi connectivity index (χ3n) is 2.77. The van der Waals surface area contributed by atoms with Gasteiger partial charge in [0.2, 0.25) is 15.9 Å². The Morgan fingerprint density at radius 2 is 2.20 bits per heavy atom. The van der Waals surface area contributed by atoms with Crippen molar-refractivity contribution < 1.29 is 13.2 Å². The first-order chi connectivity index (χ1) is 9.27. The Morgan fingerprint density at radius 1 is 1.55 bits per heavy atom. The van der Waals surface area contributed by atoms with Gasteiger partial charge in [-0.2, -0.15) is 9.82 Å². The lowest BCUT2D eigenvalue weighted by Crippen LogP contribution is -2.46. The van der Waals surface area contributed by atoms with Crippen molar-refractivity contribution in [2.75, 3.05) is 27.2 Å². The van der Waals surface area contributed by atoms with Crippen LogP contribution < -0.4 is 10.0 Å². The van der Waals surface area contributed by atoms with Crippen LogP contribution in [0.4, 0.5) is 0 Å². The van der Waals surface area contributed by atoms with E-state index in [0.717, 1.165) is 0 Å². The molecule has 0 aliphatic rings. The van der Waals surface area contributed by atoms with Crippen molar-refractivity contribution in [3.63, 3.8) is 0 Å². The minimum Gasteiger partial charge on any atom is -0.343 e. The van der Waals surface area contributed by atoms with Crippen molar-refractivity contribution >= 4 is 15.9 Å². The maximum absolute atomic E-state index is 12.0. The number of aryl methyl sites for hydroxylation is 1. The zero-order valence-corrected chi connectivity index (χ0v) is 12.9. The summed E-state index contributed by atoms with van der Waals surface area (Å²) in [7, 11) is 1.31. The van der Waals surface area contributed by atoms with Gasteiger partial charge in [-0.05, 0) is 14.0 Å². The lowest BCUT2D eigenvalue weighted by molar-refractivity contribution is -0.131. The van der Waals surface area contributed by atoms with Crippen LogP contribution in [-0.4, -0.2) is 62.2 Å². The molecule has 1 unspecified atom stereocenters. The number of hydrogen-bond acceptors (Lipinski definition) is 5. The van der Waals surface area contributed by atoms with E-state index in [2.05, 4.69) is 15.1 Å². The van der Waals surface area contributed by atoms with Crippen molar-refractivity contribution in [2.24, 2.45) is 7.05 Å². The zero-order valence-electron chi connectivity index (χ0n) is 12.1. The van der Waals surface area contributed by atoms with Crippen molar-refractivity contribution in [3.8, 4) is 0 Å². The summed E-state index contributed by atoms with van der Waals surface area (Å²) in [5, 5.41) is 6.73. The van der Waals surface area contributed by atoms with E-state index < -0.39 is 16.1 Å². The highest BCUT2D eigenvalue weighted by Crippen LogP contribution is 2.07. The molecule has 9 heteroatoms. The molecule has 0 spiro atoms. The number of nitrogens with zero attached hydrogens (tertiary/aromatic N) is 3. The molecule has 8 nitrogen and oxygen atoms in total. The van der Waals surface area contributed by atoms with Crippen LogP contribution in [0.5, 0.6) is 0 Å². The molecule has 1 amide bonds. The Bertz CT molecular complexity index is 554. The third-order valence-corrected chi connectivity index (χ3v) is 4.26. The Labute approximate surface area is 119 Å². The second kappa shape index (κ2) is 6.82. The van der Waals surface area contributed by atoms with E-state index in [1.807, 2.05) is 0 Å². The van der Waals surface area contributed by atoms with Gasteiger partial charge in [-0.3, -0.25) is 9.48 Å². The number of nitrogens with one attached hydrogen (secondary N) is 2. The molecular weight excluding hydrogens is 282 g/mol. The van der Waals surface area contributed by atoms with Crippen LogP contribution in [-0.2, 0) is 21.9 Å². The second-order valence-electron chi connectivity index (χ2n) is 4.56. The Balaban J connectivity index is 2.69. The van der Waals surface area contributed by atoms with Crippen molar-refractivity contribution in [2.45, 2.75) is 17.9 Å². The monoisotopic (exact) mass is 303 g/mol. The van der Waals surface area contributed by atoms with Crippen LogP contribution in [0.2, 0.25) is 0 Å². The number of carbonyl (C=O) groups is 1. The molecule has 1 aromatic heterocycles. The minimum atomic E-state index is -3.73. The number of amides is 1. The van der Waals surface area contributed by atoms with E-state index in [9.17, 15) is 13.2 Å². The van der Waals surface area contributed by atoms with Gasteiger partial charge in [-0.15, -0.1) is 0 Å². The number of sulfonamides is 1. The van der Waals surface area contributed by atoms with Gasteiger partial charge < -0.3 is 10.2 Å². The zero-order chi connectivity index (χ0) is 15.3. The SMILES string of the molecule is CNCCN(C)C(=O)C(C)NS(=O)(=O)c1cnn(C)c1. The quantitative estimate of drug-likeness (QED) is 0.657. The fourth-order valence-corrected chi connectivity index (χ4v) is 2.79. The van der Waals surface area contributed by atoms with Crippen LogP contribution in [0.3, 0.4) is 0 Å². The summed E-state index contributed by atoms with van der Waals surface area (Å²) >= 11 is 0. The van der Waals surface area contributed by atoms with Gasteiger partial charge in [0.05, 0.1) is 12.2 Å². The molecular formula is C11H21N5O3S.